The molecule has 0 saturated heterocycles. The average molecular weight is 521 g/mol. The van der Waals surface area contributed by atoms with Gasteiger partial charge in [0.15, 0.2) is 0 Å². The Balaban J connectivity index is 1.59. The quantitative estimate of drug-likeness (QED) is 0.419. The van der Waals surface area contributed by atoms with Gasteiger partial charge < -0.3 is 10.2 Å². The number of hydrogen-bond donors (Lipinski definition) is 1. The summed E-state index contributed by atoms with van der Waals surface area (Å²) in [5.41, 5.74) is 2.26. The van der Waals surface area contributed by atoms with Crippen LogP contribution in [0.1, 0.15) is 63.5 Å². The molecule has 1 saturated carbocycles. The summed E-state index contributed by atoms with van der Waals surface area (Å²) >= 11 is 0. The normalized spacial score (nSPS) is 14.9. The summed E-state index contributed by atoms with van der Waals surface area (Å²) in [6.07, 6.45) is 5.67. The van der Waals surface area contributed by atoms with Crippen molar-refractivity contribution in [1.29, 1.82) is 0 Å². The second-order valence-electron chi connectivity index (χ2n) is 10.6. The third-order valence-electron chi connectivity index (χ3n) is 6.98. The second-order valence-corrected chi connectivity index (χ2v) is 10.6. The van der Waals surface area contributed by atoms with Crippen LogP contribution in [0.2, 0.25) is 0 Å². The van der Waals surface area contributed by atoms with Crippen LogP contribution in [-0.2, 0) is 22.7 Å². The Kier molecular flexibility index (Phi) is 9.20. The Morgan fingerprint density at radius 3 is 2.47 bits per heavy atom. The van der Waals surface area contributed by atoms with Crippen molar-refractivity contribution >= 4 is 11.8 Å². The first kappa shape index (κ1) is 27.4. The topological polar surface area (TPSA) is 93.0 Å². The fourth-order valence-electron chi connectivity index (χ4n) is 4.89. The predicted molar refractivity (Wildman–Crippen MR) is 143 cm³/mol. The molecule has 38 heavy (non-hydrogen) atoms. The zero-order valence-corrected chi connectivity index (χ0v) is 22.4. The van der Waals surface area contributed by atoms with Crippen LogP contribution >= 0.6 is 0 Å². The third-order valence-corrected chi connectivity index (χ3v) is 6.98. The number of hydrogen-bond acceptors (Lipinski definition) is 5. The Hall–Kier alpha value is -3.62. The Morgan fingerprint density at radius 1 is 1.08 bits per heavy atom. The van der Waals surface area contributed by atoms with Gasteiger partial charge in [-0.2, -0.15) is 4.80 Å². The molecule has 2 aromatic carbocycles. The maximum Gasteiger partial charge on any atom is 0.247 e. The smallest absolute Gasteiger partial charge is 0.247 e. The third kappa shape index (κ3) is 7.24. The highest BCUT2D eigenvalue weighted by Crippen LogP contribution is 2.22. The predicted octanol–water partition coefficient (Wildman–Crippen LogP) is 4.68. The maximum absolute atomic E-state index is 14.7. The molecule has 0 aliphatic heterocycles. The van der Waals surface area contributed by atoms with E-state index < -0.39 is 11.9 Å². The minimum absolute atomic E-state index is 0.0273. The van der Waals surface area contributed by atoms with Crippen LogP contribution in [0.15, 0.2) is 48.5 Å². The molecular formula is C29H37FN6O2. The van der Waals surface area contributed by atoms with Crippen molar-refractivity contribution in [2.24, 2.45) is 5.92 Å². The zero-order chi connectivity index (χ0) is 27.1. The van der Waals surface area contributed by atoms with Crippen LogP contribution < -0.4 is 5.32 Å². The summed E-state index contributed by atoms with van der Waals surface area (Å²) in [4.78, 5) is 30.0. The zero-order valence-electron chi connectivity index (χ0n) is 22.4. The number of carbonyl (C=O) groups is 2. The van der Waals surface area contributed by atoms with Crippen molar-refractivity contribution in [1.82, 2.24) is 30.4 Å². The van der Waals surface area contributed by atoms with Gasteiger partial charge in [0.1, 0.15) is 18.4 Å². The monoisotopic (exact) mass is 520 g/mol. The van der Waals surface area contributed by atoms with E-state index in [1.807, 2.05) is 45.0 Å². The van der Waals surface area contributed by atoms with Gasteiger partial charge in [-0.15, -0.1) is 10.2 Å². The van der Waals surface area contributed by atoms with Crippen molar-refractivity contribution in [3.63, 3.8) is 0 Å². The minimum Gasteiger partial charge on any atom is -0.352 e. The van der Waals surface area contributed by atoms with E-state index in [-0.39, 0.29) is 36.9 Å². The number of benzene rings is 2. The van der Waals surface area contributed by atoms with Crippen molar-refractivity contribution in [2.45, 2.75) is 84.5 Å². The molecule has 1 atom stereocenters. The lowest BCUT2D eigenvalue weighted by Crippen LogP contribution is -2.53. The van der Waals surface area contributed by atoms with Crippen LogP contribution in [0.5, 0.6) is 0 Å². The van der Waals surface area contributed by atoms with Crippen LogP contribution in [-0.4, -0.2) is 49.0 Å². The lowest BCUT2D eigenvalue weighted by Gasteiger charge is -2.34. The summed E-state index contributed by atoms with van der Waals surface area (Å²) in [5, 5.41) is 15.7. The lowest BCUT2D eigenvalue weighted by atomic mass is 9.94. The van der Waals surface area contributed by atoms with E-state index in [4.69, 9.17) is 0 Å². The largest absolute Gasteiger partial charge is 0.352 e. The number of nitrogens with one attached hydrogen (secondary N) is 1. The number of rotatable bonds is 10. The Bertz CT molecular complexity index is 1220. The summed E-state index contributed by atoms with van der Waals surface area (Å²) in [6, 6.07) is 13.4. The molecule has 1 aliphatic carbocycles. The molecule has 0 radical (unpaired) electrons. The van der Waals surface area contributed by atoms with Crippen molar-refractivity contribution < 1.29 is 14.0 Å². The van der Waals surface area contributed by atoms with E-state index in [0.29, 0.717) is 17.8 Å². The molecule has 1 aliphatic rings. The minimum atomic E-state index is -0.746. The first-order valence-electron chi connectivity index (χ1n) is 13.5. The molecule has 8 nitrogen and oxygen atoms in total. The van der Waals surface area contributed by atoms with Gasteiger partial charge in [-0.05, 0) is 43.4 Å². The molecule has 1 aromatic heterocycles. The molecule has 0 bridgehead atoms. The SMILES string of the molecule is Cc1ccc(-c2nnn(CC(=O)N(Cc3ccccc3F)[C@H](CC(C)C)C(=O)NC3CCCCC3)n2)cc1. The van der Waals surface area contributed by atoms with E-state index in [2.05, 4.69) is 20.7 Å². The highest BCUT2D eigenvalue weighted by Gasteiger charge is 2.33. The number of amides is 2. The first-order chi connectivity index (χ1) is 18.3. The number of halogens is 1. The molecule has 1 fully saturated rings. The molecule has 1 heterocycles. The van der Waals surface area contributed by atoms with Crippen molar-refractivity contribution in [3.05, 3.63) is 65.5 Å². The van der Waals surface area contributed by atoms with Gasteiger partial charge in [-0.25, -0.2) is 4.39 Å². The number of aromatic nitrogens is 4. The highest BCUT2D eigenvalue weighted by molar-refractivity contribution is 5.87. The van der Waals surface area contributed by atoms with Crippen LogP contribution in [0, 0.1) is 18.7 Å². The molecule has 0 spiro atoms. The van der Waals surface area contributed by atoms with Gasteiger partial charge in [0.25, 0.3) is 0 Å². The first-order valence-corrected chi connectivity index (χ1v) is 13.5. The molecule has 2 amide bonds. The standard InChI is InChI=1S/C29H37FN6O2/c1-20(2)17-26(29(38)31-24-10-5-4-6-11-24)35(18-23-9-7-8-12-25(23)30)27(37)19-36-33-28(32-34-36)22-15-13-21(3)14-16-22/h7-9,12-16,20,24,26H,4-6,10-11,17-19H2,1-3H3,(H,31,38)/t26-/m1/s1. The van der Waals surface area contributed by atoms with E-state index in [0.717, 1.165) is 36.8 Å². The van der Waals surface area contributed by atoms with Crippen molar-refractivity contribution in [3.8, 4) is 11.4 Å². The lowest BCUT2D eigenvalue weighted by molar-refractivity contribution is -0.143. The van der Waals surface area contributed by atoms with Crippen LogP contribution in [0.3, 0.4) is 0 Å². The van der Waals surface area contributed by atoms with E-state index >= 15 is 0 Å². The van der Waals surface area contributed by atoms with Gasteiger partial charge in [0.2, 0.25) is 17.6 Å². The van der Waals surface area contributed by atoms with Gasteiger partial charge in [0.05, 0.1) is 0 Å². The van der Waals surface area contributed by atoms with E-state index in [9.17, 15) is 14.0 Å². The van der Waals surface area contributed by atoms with Gasteiger partial charge >= 0.3 is 0 Å². The molecule has 0 unspecified atom stereocenters. The van der Waals surface area contributed by atoms with Crippen LogP contribution in [0.4, 0.5) is 4.39 Å². The fraction of sp³-hybridized carbons (Fsp3) is 0.483. The summed E-state index contributed by atoms with van der Waals surface area (Å²) in [7, 11) is 0. The number of nitrogens with zero attached hydrogens (tertiary/aromatic N) is 5. The second kappa shape index (κ2) is 12.8. The molecule has 202 valence electrons. The fourth-order valence-corrected chi connectivity index (χ4v) is 4.89. The van der Waals surface area contributed by atoms with E-state index in [1.54, 1.807) is 18.2 Å². The van der Waals surface area contributed by atoms with E-state index in [1.165, 1.54) is 22.2 Å². The molecule has 1 N–H and O–H groups in total. The van der Waals surface area contributed by atoms with Crippen LogP contribution in [0.25, 0.3) is 11.4 Å². The maximum atomic E-state index is 14.7. The molecular weight excluding hydrogens is 483 g/mol. The Morgan fingerprint density at radius 2 is 1.79 bits per heavy atom. The number of tetrazole rings is 1. The highest BCUT2D eigenvalue weighted by atomic mass is 19.1. The summed E-state index contributed by atoms with van der Waals surface area (Å²) in [6.45, 7) is 5.78. The van der Waals surface area contributed by atoms with Crippen molar-refractivity contribution in [2.75, 3.05) is 0 Å². The molecule has 3 aromatic rings. The summed E-state index contributed by atoms with van der Waals surface area (Å²) < 4.78 is 14.7. The average Bonchev–Trinajstić information content (AvgIpc) is 3.36. The molecule has 9 heteroatoms. The van der Waals surface area contributed by atoms with Gasteiger partial charge in [-0.1, -0.05) is 81.1 Å². The number of aryl methyl sites for hydroxylation is 1. The molecule has 4 rings (SSSR count). The number of carbonyl (C=O) groups excluding carboxylic acids is 2. The Labute approximate surface area is 223 Å². The van der Waals surface area contributed by atoms with Gasteiger partial charge in [-0.3, -0.25) is 9.59 Å². The summed E-state index contributed by atoms with van der Waals surface area (Å²) in [5.74, 6) is -0.424. The van der Waals surface area contributed by atoms with Gasteiger partial charge in [0, 0.05) is 23.7 Å².